The maximum absolute atomic E-state index is 12.2. The van der Waals surface area contributed by atoms with Crippen LogP contribution in [0.2, 0.25) is 0 Å². The van der Waals surface area contributed by atoms with Crippen molar-refractivity contribution >= 4 is 22.6 Å². The second-order valence-electron chi connectivity index (χ2n) is 6.60. The van der Waals surface area contributed by atoms with E-state index in [1.54, 1.807) is 0 Å². The summed E-state index contributed by atoms with van der Waals surface area (Å²) in [4.78, 5) is 22.6. The Kier molecular flexibility index (Phi) is 4.48. The second-order valence-corrected chi connectivity index (χ2v) is 6.60. The highest BCUT2D eigenvalue weighted by atomic mass is 16.2. The van der Waals surface area contributed by atoms with Crippen LogP contribution in [0.4, 0.5) is 5.69 Å². The molecule has 0 spiro atoms. The number of anilines is 1. The van der Waals surface area contributed by atoms with Crippen molar-refractivity contribution in [3.8, 4) is 0 Å². The average molecular weight is 334 g/mol. The van der Waals surface area contributed by atoms with Gasteiger partial charge >= 0.3 is 0 Å². The molecule has 1 saturated heterocycles. The van der Waals surface area contributed by atoms with Crippen LogP contribution >= 0.6 is 0 Å². The zero-order valence-corrected chi connectivity index (χ0v) is 14.1. The van der Waals surface area contributed by atoms with Gasteiger partial charge in [-0.15, -0.1) is 0 Å². The number of carbonyl (C=O) groups is 1. The molecule has 1 aliphatic heterocycles. The number of H-pyrrole nitrogens is 1. The van der Waals surface area contributed by atoms with Gasteiger partial charge in [-0.3, -0.25) is 9.69 Å². The number of benzene rings is 2. The average Bonchev–Trinajstić information content (AvgIpc) is 3.07. The molecule has 1 aromatic heterocycles. The number of amides is 1. The summed E-state index contributed by atoms with van der Waals surface area (Å²) in [7, 11) is 0. The fourth-order valence-corrected chi connectivity index (χ4v) is 3.46. The number of imidazole rings is 1. The van der Waals surface area contributed by atoms with Crippen LogP contribution in [0.1, 0.15) is 24.6 Å². The molecule has 2 heterocycles. The number of piperidine rings is 1. The topological polar surface area (TPSA) is 61.0 Å². The Bertz CT molecular complexity index is 817. The third-order valence-electron chi connectivity index (χ3n) is 4.81. The molecule has 3 aromatic rings. The highest BCUT2D eigenvalue weighted by molar-refractivity contribution is 5.92. The molecule has 5 heteroatoms. The van der Waals surface area contributed by atoms with E-state index in [4.69, 9.17) is 4.98 Å². The monoisotopic (exact) mass is 334 g/mol. The summed E-state index contributed by atoms with van der Waals surface area (Å²) in [5.41, 5.74) is 2.98. The predicted octanol–water partition coefficient (Wildman–Crippen LogP) is 3.38. The summed E-state index contributed by atoms with van der Waals surface area (Å²) >= 11 is 0. The smallest absolute Gasteiger partial charge is 0.238 e. The van der Waals surface area contributed by atoms with Crippen LogP contribution in [-0.4, -0.2) is 40.4 Å². The van der Waals surface area contributed by atoms with E-state index in [0.29, 0.717) is 12.5 Å². The quantitative estimate of drug-likeness (QED) is 0.769. The molecule has 0 radical (unpaired) electrons. The first-order valence-corrected chi connectivity index (χ1v) is 8.80. The number of hydrogen-bond donors (Lipinski definition) is 2. The van der Waals surface area contributed by atoms with Gasteiger partial charge in [-0.2, -0.15) is 0 Å². The number of carbonyl (C=O) groups excluding carboxylic acids is 1. The highest BCUT2D eigenvalue weighted by Gasteiger charge is 2.24. The van der Waals surface area contributed by atoms with Crippen molar-refractivity contribution in [3.63, 3.8) is 0 Å². The number of nitrogens with zero attached hydrogens (tertiary/aromatic N) is 2. The van der Waals surface area contributed by atoms with Crippen molar-refractivity contribution in [2.75, 3.05) is 25.0 Å². The summed E-state index contributed by atoms with van der Waals surface area (Å²) in [5, 5.41) is 2.95. The van der Waals surface area contributed by atoms with Gasteiger partial charge in [0.05, 0.1) is 17.6 Å². The van der Waals surface area contributed by atoms with Gasteiger partial charge in [-0.1, -0.05) is 30.3 Å². The van der Waals surface area contributed by atoms with Gasteiger partial charge in [0.25, 0.3) is 0 Å². The summed E-state index contributed by atoms with van der Waals surface area (Å²) in [6.45, 7) is 2.29. The Hall–Kier alpha value is -2.66. The summed E-state index contributed by atoms with van der Waals surface area (Å²) in [6.07, 6.45) is 2.05. The number of rotatable bonds is 4. The molecule has 1 aliphatic rings. The Morgan fingerprint density at radius 1 is 1.08 bits per heavy atom. The number of fused-ring (bicyclic) bond motifs is 1. The normalized spacial score (nSPS) is 16.2. The van der Waals surface area contributed by atoms with Crippen molar-refractivity contribution in [2.45, 2.75) is 18.8 Å². The molecular weight excluding hydrogens is 312 g/mol. The Labute approximate surface area is 147 Å². The highest BCUT2D eigenvalue weighted by Crippen LogP contribution is 2.27. The maximum atomic E-state index is 12.2. The van der Waals surface area contributed by atoms with E-state index in [1.165, 1.54) is 0 Å². The fraction of sp³-hybridized carbons (Fsp3) is 0.300. The van der Waals surface area contributed by atoms with E-state index in [-0.39, 0.29) is 5.91 Å². The molecule has 0 saturated carbocycles. The number of aromatic amines is 1. The molecule has 0 atom stereocenters. The number of nitrogens with one attached hydrogen (secondary N) is 2. The van der Waals surface area contributed by atoms with Crippen molar-refractivity contribution in [2.24, 2.45) is 0 Å². The lowest BCUT2D eigenvalue weighted by Gasteiger charge is -2.30. The van der Waals surface area contributed by atoms with Gasteiger partial charge in [0.2, 0.25) is 5.91 Å². The van der Waals surface area contributed by atoms with Crippen LogP contribution in [0.25, 0.3) is 11.0 Å². The fourth-order valence-electron chi connectivity index (χ4n) is 3.46. The molecule has 25 heavy (non-hydrogen) atoms. The van der Waals surface area contributed by atoms with Gasteiger partial charge in [-0.25, -0.2) is 4.98 Å². The molecule has 0 aliphatic carbocycles. The number of hydrogen-bond acceptors (Lipinski definition) is 3. The lowest BCUT2D eigenvalue weighted by atomic mass is 9.96. The molecule has 1 amide bonds. The molecule has 1 fully saturated rings. The number of likely N-dealkylation sites (tertiary alicyclic amines) is 1. The van der Waals surface area contributed by atoms with Crippen LogP contribution in [-0.2, 0) is 4.79 Å². The molecule has 0 unspecified atom stereocenters. The predicted molar refractivity (Wildman–Crippen MR) is 99.6 cm³/mol. The summed E-state index contributed by atoms with van der Waals surface area (Å²) in [5.74, 6) is 1.57. The standard InChI is InChI=1S/C20H22N4O/c25-19(21-16-6-2-1-3-7-16)14-24-12-10-15(11-13-24)20-22-17-8-4-5-9-18(17)23-20/h1-9,15H,10-14H2,(H,21,25)(H,22,23). The Morgan fingerprint density at radius 2 is 1.80 bits per heavy atom. The molecule has 5 nitrogen and oxygen atoms in total. The minimum Gasteiger partial charge on any atom is -0.342 e. The molecule has 128 valence electrons. The number of para-hydroxylation sites is 3. The lowest BCUT2D eigenvalue weighted by molar-refractivity contribution is -0.117. The summed E-state index contributed by atoms with van der Waals surface area (Å²) in [6, 6.07) is 17.8. The maximum Gasteiger partial charge on any atom is 0.238 e. The largest absolute Gasteiger partial charge is 0.342 e. The first kappa shape index (κ1) is 15.8. The first-order valence-electron chi connectivity index (χ1n) is 8.80. The van der Waals surface area contributed by atoms with E-state index >= 15 is 0 Å². The Balaban J connectivity index is 1.31. The molecule has 4 rings (SSSR count). The minimum absolute atomic E-state index is 0.0494. The van der Waals surface area contributed by atoms with E-state index in [2.05, 4.69) is 21.3 Å². The number of aromatic nitrogens is 2. The van der Waals surface area contributed by atoms with Gasteiger partial charge in [0.1, 0.15) is 5.82 Å². The molecule has 0 bridgehead atoms. The van der Waals surface area contributed by atoms with Crippen LogP contribution in [0.3, 0.4) is 0 Å². The van der Waals surface area contributed by atoms with Crippen molar-refractivity contribution in [1.29, 1.82) is 0 Å². The molecular formula is C20H22N4O. The molecule has 2 N–H and O–H groups in total. The zero-order valence-electron chi connectivity index (χ0n) is 14.1. The van der Waals surface area contributed by atoms with Crippen LogP contribution in [0, 0.1) is 0 Å². The second kappa shape index (κ2) is 7.07. The van der Waals surface area contributed by atoms with Crippen LogP contribution in [0.15, 0.2) is 54.6 Å². The third kappa shape index (κ3) is 3.72. The van der Waals surface area contributed by atoms with Crippen molar-refractivity contribution < 1.29 is 4.79 Å². The van der Waals surface area contributed by atoms with Crippen LogP contribution < -0.4 is 5.32 Å². The lowest BCUT2D eigenvalue weighted by Crippen LogP contribution is -2.38. The first-order chi connectivity index (χ1) is 12.3. The van der Waals surface area contributed by atoms with Gasteiger partial charge in [-0.05, 0) is 50.2 Å². The minimum atomic E-state index is 0.0494. The third-order valence-corrected chi connectivity index (χ3v) is 4.81. The zero-order chi connectivity index (χ0) is 17.1. The van der Waals surface area contributed by atoms with Gasteiger partial charge < -0.3 is 10.3 Å². The van der Waals surface area contributed by atoms with Gasteiger partial charge in [0, 0.05) is 11.6 Å². The van der Waals surface area contributed by atoms with E-state index in [0.717, 1.165) is 48.5 Å². The molecule has 2 aromatic carbocycles. The van der Waals surface area contributed by atoms with E-state index < -0.39 is 0 Å². The van der Waals surface area contributed by atoms with Gasteiger partial charge in [0.15, 0.2) is 0 Å². The van der Waals surface area contributed by atoms with Crippen LogP contribution in [0.5, 0.6) is 0 Å². The van der Waals surface area contributed by atoms with Crippen molar-refractivity contribution in [1.82, 2.24) is 14.9 Å². The SMILES string of the molecule is O=C(CN1CCC(c2nc3ccccc3[nH]2)CC1)Nc1ccccc1. The Morgan fingerprint density at radius 3 is 2.56 bits per heavy atom. The summed E-state index contributed by atoms with van der Waals surface area (Å²) < 4.78 is 0. The van der Waals surface area contributed by atoms with E-state index in [9.17, 15) is 4.79 Å². The van der Waals surface area contributed by atoms with Crippen molar-refractivity contribution in [3.05, 3.63) is 60.4 Å². The van der Waals surface area contributed by atoms with E-state index in [1.807, 2.05) is 48.5 Å².